The number of ether oxygens (including phenoxy) is 1. The van der Waals surface area contributed by atoms with Gasteiger partial charge in [0.05, 0.1) is 18.6 Å². The zero-order valence-corrected chi connectivity index (χ0v) is 17.7. The number of nitrogens with one attached hydrogen (secondary N) is 1. The van der Waals surface area contributed by atoms with Crippen molar-refractivity contribution in [1.82, 2.24) is 20.1 Å². The second kappa shape index (κ2) is 8.62. The van der Waals surface area contributed by atoms with E-state index in [-0.39, 0.29) is 5.56 Å². The van der Waals surface area contributed by atoms with Gasteiger partial charge in [-0.3, -0.25) is 4.79 Å². The Kier molecular flexibility index (Phi) is 5.77. The SMILES string of the molecule is COc1ccc(-c2cc(=O)[nH]c(SCc3nc(-c4cccc(Br)c4)no3)n2)cc1. The van der Waals surface area contributed by atoms with Gasteiger partial charge in [0.15, 0.2) is 5.16 Å². The third kappa shape index (κ3) is 4.75. The molecule has 4 aromatic rings. The minimum Gasteiger partial charge on any atom is -0.497 e. The second-order valence-corrected chi connectivity index (χ2v) is 7.85. The summed E-state index contributed by atoms with van der Waals surface area (Å²) in [6, 6.07) is 16.5. The fourth-order valence-corrected chi connectivity index (χ4v) is 3.71. The molecule has 0 amide bonds. The molecule has 0 spiro atoms. The fraction of sp³-hybridized carbons (Fsp3) is 0.100. The van der Waals surface area contributed by atoms with Gasteiger partial charge in [-0.05, 0) is 36.4 Å². The monoisotopic (exact) mass is 470 g/mol. The van der Waals surface area contributed by atoms with Crippen LogP contribution in [0.15, 0.2) is 73.5 Å². The highest BCUT2D eigenvalue weighted by atomic mass is 79.9. The molecule has 0 radical (unpaired) electrons. The lowest BCUT2D eigenvalue weighted by atomic mass is 10.1. The smallest absolute Gasteiger partial charge is 0.252 e. The van der Waals surface area contributed by atoms with Gasteiger partial charge in [-0.15, -0.1) is 0 Å². The van der Waals surface area contributed by atoms with Crippen molar-refractivity contribution < 1.29 is 9.26 Å². The standard InChI is InChI=1S/C20H15BrN4O3S/c1-27-15-7-5-12(6-8-15)16-10-17(26)23-20(22-16)29-11-18-24-19(25-28-18)13-3-2-4-14(21)9-13/h2-10H,11H2,1H3,(H,22,23,26). The van der Waals surface area contributed by atoms with E-state index >= 15 is 0 Å². The molecule has 0 saturated heterocycles. The van der Waals surface area contributed by atoms with E-state index in [9.17, 15) is 4.79 Å². The molecule has 146 valence electrons. The maximum Gasteiger partial charge on any atom is 0.252 e. The molecule has 0 aliphatic carbocycles. The summed E-state index contributed by atoms with van der Waals surface area (Å²) in [7, 11) is 1.61. The van der Waals surface area contributed by atoms with Gasteiger partial charge in [0.2, 0.25) is 11.7 Å². The molecule has 0 aliphatic heterocycles. The highest BCUT2D eigenvalue weighted by molar-refractivity contribution is 9.10. The van der Waals surface area contributed by atoms with Crippen molar-refractivity contribution in [2.24, 2.45) is 0 Å². The number of H-pyrrole nitrogens is 1. The summed E-state index contributed by atoms with van der Waals surface area (Å²) < 4.78 is 11.4. The lowest BCUT2D eigenvalue weighted by Gasteiger charge is -2.04. The number of aromatic nitrogens is 4. The van der Waals surface area contributed by atoms with Gasteiger partial charge in [-0.2, -0.15) is 4.98 Å². The summed E-state index contributed by atoms with van der Waals surface area (Å²) in [5.41, 5.74) is 2.04. The first-order valence-corrected chi connectivity index (χ1v) is 10.4. The van der Waals surface area contributed by atoms with Crippen molar-refractivity contribution in [3.63, 3.8) is 0 Å². The van der Waals surface area contributed by atoms with Crippen LogP contribution in [0.5, 0.6) is 5.75 Å². The molecular formula is C20H15BrN4O3S. The largest absolute Gasteiger partial charge is 0.497 e. The Labute approximate surface area is 178 Å². The van der Waals surface area contributed by atoms with Crippen LogP contribution < -0.4 is 10.3 Å². The molecule has 9 heteroatoms. The van der Waals surface area contributed by atoms with E-state index < -0.39 is 0 Å². The minimum absolute atomic E-state index is 0.228. The molecule has 29 heavy (non-hydrogen) atoms. The molecule has 1 N–H and O–H groups in total. The molecule has 2 heterocycles. The van der Waals surface area contributed by atoms with Crippen LogP contribution in [-0.4, -0.2) is 27.2 Å². The second-order valence-electron chi connectivity index (χ2n) is 5.98. The van der Waals surface area contributed by atoms with Crippen molar-refractivity contribution in [2.45, 2.75) is 10.9 Å². The van der Waals surface area contributed by atoms with Crippen LogP contribution in [0, 0.1) is 0 Å². The molecular weight excluding hydrogens is 456 g/mol. The van der Waals surface area contributed by atoms with Gasteiger partial charge in [0.1, 0.15) is 5.75 Å². The maximum absolute atomic E-state index is 12.1. The Morgan fingerprint density at radius 3 is 2.69 bits per heavy atom. The van der Waals surface area contributed by atoms with Crippen LogP contribution >= 0.6 is 27.7 Å². The van der Waals surface area contributed by atoms with Crippen molar-refractivity contribution in [1.29, 1.82) is 0 Å². The van der Waals surface area contributed by atoms with E-state index in [1.807, 2.05) is 48.5 Å². The average Bonchev–Trinajstić information content (AvgIpc) is 3.21. The number of methoxy groups -OCH3 is 1. The summed E-state index contributed by atoms with van der Waals surface area (Å²) in [6.07, 6.45) is 0. The van der Waals surface area contributed by atoms with Crippen LogP contribution in [0.2, 0.25) is 0 Å². The normalized spacial score (nSPS) is 10.8. The van der Waals surface area contributed by atoms with Crippen molar-refractivity contribution >= 4 is 27.7 Å². The van der Waals surface area contributed by atoms with Crippen LogP contribution in [-0.2, 0) is 5.75 Å². The molecule has 2 aromatic heterocycles. The summed E-state index contributed by atoms with van der Waals surface area (Å²) in [5.74, 6) is 2.08. The topological polar surface area (TPSA) is 93.9 Å². The van der Waals surface area contributed by atoms with Crippen LogP contribution in [0.1, 0.15) is 5.89 Å². The molecule has 2 aromatic carbocycles. The third-order valence-corrected chi connectivity index (χ3v) is 5.34. The number of hydrogen-bond acceptors (Lipinski definition) is 7. The summed E-state index contributed by atoms with van der Waals surface area (Å²) in [4.78, 5) is 23.7. The van der Waals surface area contributed by atoms with Gasteiger partial charge >= 0.3 is 0 Å². The number of nitrogens with zero attached hydrogens (tertiary/aromatic N) is 3. The van der Waals surface area contributed by atoms with Gasteiger partial charge in [-0.25, -0.2) is 4.98 Å². The number of thioether (sulfide) groups is 1. The number of aromatic amines is 1. The van der Waals surface area contributed by atoms with E-state index in [1.165, 1.54) is 17.8 Å². The first-order valence-electron chi connectivity index (χ1n) is 8.58. The van der Waals surface area contributed by atoms with Gasteiger partial charge < -0.3 is 14.2 Å². The van der Waals surface area contributed by atoms with E-state index in [1.54, 1.807) is 7.11 Å². The first kappa shape index (κ1) is 19.4. The number of halogens is 1. The Bertz CT molecular complexity index is 1190. The first-order chi connectivity index (χ1) is 14.1. The van der Waals surface area contributed by atoms with E-state index in [0.717, 1.165) is 21.3 Å². The number of benzene rings is 2. The third-order valence-electron chi connectivity index (χ3n) is 3.99. The molecule has 0 unspecified atom stereocenters. The van der Waals surface area contributed by atoms with Crippen LogP contribution in [0.3, 0.4) is 0 Å². The molecule has 7 nitrogen and oxygen atoms in total. The minimum atomic E-state index is -0.228. The van der Waals surface area contributed by atoms with E-state index in [2.05, 4.69) is 36.0 Å². The zero-order chi connectivity index (χ0) is 20.2. The maximum atomic E-state index is 12.1. The van der Waals surface area contributed by atoms with Gasteiger partial charge in [-0.1, -0.05) is 45.0 Å². The Morgan fingerprint density at radius 2 is 1.93 bits per heavy atom. The lowest BCUT2D eigenvalue weighted by Crippen LogP contribution is -2.08. The Hall–Kier alpha value is -2.91. The molecule has 4 rings (SSSR count). The summed E-state index contributed by atoms with van der Waals surface area (Å²) in [5, 5.41) is 4.49. The van der Waals surface area contributed by atoms with E-state index in [4.69, 9.17) is 9.26 Å². The Balaban J connectivity index is 1.50. The quantitative estimate of drug-likeness (QED) is 0.326. The zero-order valence-electron chi connectivity index (χ0n) is 15.3. The van der Waals surface area contributed by atoms with Crippen molar-refractivity contribution in [3.05, 3.63) is 75.3 Å². The van der Waals surface area contributed by atoms with E-state index in [0.29, 0.717) is 28.3 Å². The predicted octanol–water partition coefficient (Wildman–Crippen LogP) is 4.55. The van der Waals surface area contributed by atoms with Crippen molar-refractivity contribution in [3.8, 4) is 28.4 Å². The van der Waals surface area contributed by atoms with Gasteiger partial charge in [0, 0.05) is 21.7 Å². The Morgan fingerprint density at radius 1 is 1.10 bits per heavy atom. The highest BCUT2D eigenvalue weighted by Gasteiger charge is 2.11. The molecule has 0 saturated carbocycles. The molecule has 0 aliphatic rings. The molecule has 0 atom stereocenters. The fourth-order valence-electron chi connectivity index (χ4n) is 2.60. The van der Waals surface area contributed by atoms with Crippen LogP contribution in [0.25, 0.3) is 22.6 Å². The molecule has 0 fully saturated rings. The summed E-state index contributed by atoms with van der Waals surface area (Å²) >= 11 is 4.75. The lowest BCUT2D eigenvalue weighted by molar-refractivity contribution is 0.391. The number of rotatable bonds is 6. The molecule has 0 bridgehead atoms. The highest BCUT2D eigenvalue weighted by Crippen LogP contribution is 2.25. The number of hydrogen-bond donors (Lipinski definition) is 1. The summed E-state index contributed by atoms with van der Waals surface area (Å²) in [6.45, 7) is 0. The average molecular weight is 471 g/mol. The van der Waals surface area contributed by atoms with Gasteiger partial charge in [0.25, 0.3) is 5.56 Å². The van der Waals surface area contributed by atoms with Crippen LogP contribution in [0.4, 0.5) is 0 Å². The predicted molar refractivity (Wildman–Crippen MR) is 114 cm³/mol. The van der Waals surface area contributed by atoms with Crippen molar-refractivity contribution in [2.75, 3.05) is 7.11 Å².